The zero-order valence-electron chi connectivity index (χ0n) is 18.8. The predicted octanol–water partition coefficient (Wildman–Crippen LogP) is 2.27. The Morgan fingerprint density at radius 1 is 1.03 bits per heavy atom. The molecule has 3 aromatic rings. The monoisotopic (exact) mass is 440 g/mol. The van der Waals surface area contributed by atoms with Crippen molar-refractivity contribution in [2.75, 3.05) is 23.7 Å². The lowest BCUT2D eigenvalue weighted by molar-refractivity contribution is 0.481. The fraction of sp³-hybridized carbons (Fsp3) is 0.500. The van der Waals surface area contributed by atoms with Gasteiger partial charge in [0, 0.05) is 25.2 Å². The van der Waals surface area contributed by atoms with E-state index in [1.54, 1.807) is 4.80 Å². The van der Waals surface area contributed by atoms with Crippen LogP contribution < -0.4 is 21.9 Å². The molecule has 0 saturated carbocycles. The lowest BCUT2D eigenvalue weighted by Gasteiger charge is -2.24. The maximum absolute atomic E-state index is 12.5. The second-order valence-electron chi connectivity index (χ2n) is 7.71. The molecule has 1 aromatic carbocycles. The number of nitrogen functional groups attached to an aromatic ring is 1. The van der Waals surface area contributed by atoms with Crippen molar-refractivity contribution in [2.24, 2.45) is 0 Å². The maximum Gasteiger partial charge on any atom is 0.330 e. The lowest BCUT2D eigenvalue weighted by Crippen LogP contribution is -2.38. The van der Waals surface area contributed by atoms with Crippen LogP contribution in [0.4, 0.5) is 11.5 Å². The van der Waals surface area contributed by atoms with Crippen LogP contribution in [-0.2, 0) is 13.1 Å². The van der Waals surface area contributed by atoms with Crippen LogP contribution in [0, 0.1) is 0 Å². The van der Waals surface area contributed by atoms with Crippen molar-refractivity contribution >= 4 is 11.5 Å². The Hall–Kier alpha value is -3.43. The van der Waals surface area contributed by atoms with Gasteiger partial charge in [0.15, 0.2) is 0 Å². The van der Waals surface area contributed by atoms with Crippen LogP contribution in [0.15, 0.2) is 39.9 Å². The molecule has 0 spiro atoms. The number of aromatic nitrogens is 6. The van der Waals surface area contributed by atoms with Gasteiger partial charge in [-0.05, 0) is 37.8 Å². The summed E-state index contributed by atoms with van der Waals surface area (Å²) in [5.41, 5.74) is 6.68. The van der Waals surface area contributed by atoms with E-state index >= 15 is 0 Å². The Balaban J connectivity index is 1.55. The molecular weight excluding hydrogens is 408 g/mol. The number of nitrogens with zero attached hydrogens (tertiary/aromatic N) is 6. The summed E-state index contributed by atoms with van der Waals surface area (Å²) in [6.45, 7) is 6.50. The van der Waals surface area contributed by atoms with E-state index in [0.717, 1.165) is 37.7 Å². The SMILES string of the molecule is CCCCn1c(N)c(N(CC)CCCCCn2nnc(-c3ccccc3)n2)c(=O)[nH]c1=O. The number of unbranched alkanes of at least 4 members (excludes halogenated alkanes) is 3. The van der Waals surface area contributed by atoms with Crippen LogP contribution in [0.1, 0.15) is 46.0 Å². The first kappa shape index (κ1) is 23.2. The molecule has 10 nitrogen and oxygen atoms in total. The van der Waals surface area contributed by atoms with Gasteiger partial charge in [0.25, 0.3) is 5.56 Å². The summed E-state index contributed by atoms with van der Waals surface area (Å²) in [5, 5.41) is 12.7. The Morgan fingerprint density at radius 3 is 2.53 bits per heavy atom. The van der Waals surface area contributed by atoms with Crippen LogP contribution >= 0.6 is 0 Å². The van der Waals surface area contributed by atoms with Gasteiger partial charge in [-0.25, -0.2) is 4.79 Å². The number of benzene rings is 1. The first-order valence-electron chi connectivity index (χ1n) is 11.3. The zero-order chi connectivity index (χ0) is 22.9. The number of aryl methyl sites for hydroxylation is 1. The molecule has 172 valence electrons. The molecule has 0 atom stereocenters. The molecule has 3 N–H and O–H groups in total. The molecule has 32 heavy (non-hydrogen) atoms. The first-order chi connectivity index (χ1) is 15.5. The quantitative estimate of drug-likeness (QED) is 0.414. The van der Waals surface area contributed by atoms with Crippen molar-refractivity contribution in [3.8, 4) is 11.4 Å². The third-order valence-electron chi connectivity index (χ3n) is 5.42. The number of tetrazole rings is 1. The van der Waals surface area contributed by atoms with Crippen LogP contribution in [0.5, 0.6) is 0 Å². The second-order valence-corrected chi connectivity index (χ2v) is 7.71. The summed E-state index contributed by atoms with van der Waals surface area (Å²) in [7, 11) is 0. The van der Waals surface area contributed by atoms with E-state index in [2.05, 4.69) is 20.4 Å². The summed E-state index contributed by atoms with van der Waals surface area (Å²) < 4.78 is 1.46. The number of nitrogens with two attached hydrogens (primary N) is 1. The van der Waals surface area contributed by atoms with Gasteiger partial charge in [-0.1, -0.05) is 43.7 Å². The van der Waals surface area contributed by atoms with Crippen molar-refractivity contribution in [1.29, 1.82) is 0 Å². The largest absolute Gasteiger partial charge is 0.383 e. The summed E-state index contributed by atoms with van der Waals surface area (Å²) in [5.74, 6) is 0.866. The van der Waals surface area contributed by atoms with E-state index in [1.165, 1.54) is 4.57 Å². The van der Waals surface area contributed by atoms with Crippen LogP contribution in [0.3, 0.4) is 0 Å². The van der Waals surface area contributed by atoms with Crippen molar-refractivity contribution < 1.29 is 0 Å². The number of nitrogens with one attached hydrogen (secondary N) is 1. The van der Waals surface area contributed by atoms with E-state index in [-0.39, 0.29) is 5.82 Å². The second kappa shape index (κ2) is 11.3. The molecule has 3 rings (SSSR count). The van der Waals surface area contributed by atoms with Crippen molar-refractivity contribution in [3.05, 3.63) is 51.2 Å². The van der Waals surface area contributed by atoms with E-state index in [0.29, 0.717) is 37.7 Å². The number of rotatable bonds is 12. The molecule has 2 heterocycles. The molecule has 0 amide bonds. The van der Waals surface area contributed by atoms with Gasteiger partial charge >= 0.3 is 5.69 Å². The fourth-order valence-electron chi connectivity index (χ4n) is 3.62. The zero-order valence-corrected chi connectivity index (χ0v) is 18.8. The Morgan fingerprint density at radius 2 is 1.81 bits per heavy atom. The minimum atomic E-state index is -0.448. The van der Waals surface area contributed by atoms with Gasteiger partial charge in [-0.3, -0.25) is 14.3 Å². The molecule has 0 bridgehead atoms. The van der Waals surface area contributed by atoms with Gasteiger partial charge in [-0.15, -0.1) is 10.2 Å². The molecule has 0 aliphatic carbocycles. The number of aromatic amines is 1. The summed E-state index contributed by atoms with van der Waals surface area (Å²) in [6.07, 6.45) is 4.46. The third kappa shape index (κ3) is 5.63. The van der Waals surface area contributed by atoms with Gasteiger partial charge in [0.2, 0.25) is 5.82 Å². The summed E-state index contributed by atoms with van der Waals surface area (Å²) in [6, 6.07) is 9.76. The summed E-state index contributed by atoms with van der Waals surface area (Å²) >= 11 is 0. The van der Waals surface area contributed by atoms with E-state index < -0.39 is 11.2 Å². The smallest absolute Gasteiger partial charge is 0.330 e. The molecule has 0 saturated heterocycles. The van der Waals surface area contributed by atoms with Crippen molar-refractivity contribution in [1.82, 2.24) is 29.8 Å². The molecule has 0 aliphatic rings. The lowest BCUT2D eigenvalue weighted by atomic mass is 10.2. The average molecular weight is 441 g/mol. The number of hydrogen-bond donors (Lipinski definition) is 2. The number of H-pyrrole nitrogens is 1. The van der Waals surface area contributed by atoms with Gasteiger partial charge in [0.1, 0.15) is 11.5 Å². The van der Waals surface area contributed by atoms with E-state index in [4.69, 9.17) is 5.73 Å². The van der Waals surface area contributed by atoms with Gasteiger partial charge in [0.05, 0.1) is 6.54 Å². The highest BCUT2D eigenvalue weighted by Crippen LogP contribution is 2.18. The van der Waals surface area contributed by atoms with Crippen molar-refractivity contribution in [2.45, 2.75) is 59.0 Å². The van der Waals surface area contributed by atoms with Crippen LogP contribution in [0.25, 0.3) is 11.4 Å². The topological polar surface area (TPSA) is 128 Å². The molecule has 0 unspecified atom stereocenters. The molecule has 10 heteroatoms. The maximum atomic E-state index is 12.5. The minimum Gasteiger partial charge on any atom is -0.383 e. The van der Waals surface area contributed by atoms with E-state index in [1.807, 2.05) is 49.1 Å². The minimum absolute atomic E-state index is 0.245. The first-order valence-corrected chi connectivity index (χ1v) is 11.3. The Labute approximate surface area is 187 Å². The third-order valence-corrected chi connectivity index (χ3v) is 5.42. The van der Waals surface area contributed by atoms with Crippen LogP contribution in [-0.4, -0.2) is 42.8 Å². The molecule has 0 aliphatic heterocycles. The highest BCUT2D eigenvalue weighted by Gasteiger charge is 2.17. The highest BCUT2D eigenvalue weighted by atomic mass is 16.2. The van der Waals surface area contributed by atoms with Crippen molar-refractivity contribution in [3.63, 3.8) is 0 Å². The molecule has 0 fully saturated rings. The van der Waals surface area contributed by atoms with E-state index in [9.17, 15) is 9.59 Å². The van der Waals surface area contributed by atoms with Gasteiger partial charge < -0.3 is 10.6 Å². The molecule has 2 aromatic heterocycles. The molecular formula is C22H32N8O2. The summed E-state index contributed by atoms with van der Waals surface area (Å²) in [4.78, 5) is 30.6. The standard InChI is InChI=1S/C22H32N8O2/c1-3-5-15-29-19(23)18(21(31)24-22(29)32)28(4-2)14-10-7-11-16-30-26-20(25-27-30)17-12-8-6-9-13-17/h6,8-9,12-13H,3-5,7,10-11,14-16,23H2,1-2H3,(H,24,31,32). The fourth-order valence-corrected chi connectivity index (χ4v) is 3.62. The number of hydrogen-bond acceptors (Lipinski definition) is 7. The van der Waals surface area contributed by atoms with Gasteiger partial charge in [-0.2, -0.15) is 4.80 Å². The average Bonchev–Trinajstić information content (AvgIpc) is 3.27. The molecule has 0 radical (unpaired) electrons. The normalized spacial score (nSPS) is 11.1. The number of anilines is 2. The Kier molecular flexibility index (Phi) is 8.18. The predicted molar refractivity (Wildman–Crippen MR) is 126 cm³/mol. The highest BCUT2D eigenvalue weighted by molar-refractivity contribution is 5.62. The van der Waals surface area contributed by atoms with Crippen LogP contribution in [0.2, 0.25) is 0 Å². The Bertz CT molecular complexity index is 1100.